The molecule has 1 fully saturated rings. The van der Waals surface area contributed by atoms with E-state index in [4.69, 9.17) is 0 Å². The SMILES string of the molecule is CC1CN(c2nccn3nc(C(F)(F)F)cc23)CC(=O)N1. The zero-order valence-corrected chi connectivity index (χ0v) is 11.1. The minimum Gasteiger partial charge on any atom is -0.350 e. The number of aromatic nitrogens is 3. The van der Waals surface area contributed by atoms with Crippen molar-refractivity contribution in [3.8, 4) is 0 Å². The van der Waals surface area contributed by atoms with E-state index in [0.29, 0.717) is 12.4 Å². The van der Waals surface area contributed by atoms with Crippen LogP contribution in [0.4, 0.5) is 19.0 Å². The van der Waals surface area contributed by atoms with Gasteiger partial charge in [-0.15, -0.1) is 0 Å². The van der Waals surface area contributed by atoms with Gasteiger partial charge in [0, 0.05) is 31.0 Å². The maximum Gasteiger partial charge on any atom is 0.435 e. The van der Waals surface area contributed by atoms with Gasteiger partial charge in [0.2, 0.25) is 5.91 Å². The molecule has 1 N–H and O–H groups in total. The van der Waals surface area contributed by atoms with Gasteiger partial charge in [-0.05, 0) is 6.92 Å². The van der Waals surface area contributed by atoms with Crippen LogP contribution in [0.2, 0.25) is 0 Å². The van der Waals surface area contributed by atoms with Crippen molar-refractivity contribution in [1.29, 1.82) is 0 Å². The van der Waals surface area contributed by atoms with Gasteiger partial charge in [0.15, 0.2) is 11.5 Å². The van der Waals surface area contributed by atoms with E-state index in [1.807, 2.05) is 6.92 Å². The number of alkyl halides is 3. The number of rotatable bonds is 1. The second-order valence-corrected chi connectivity index (χ2v) is 4.96. The fraction of sp³-hybridized carbons (Fsp3) is 0.417. The first-order chi connectivity index (χ1) is 9.84. The molecular weight excluding hydrogens is 287 g/mol. The van der Waals surface area contributed by atoms with Gasteiger partial charge in [-0.3, -0.25) is 4.79 Å². The number of hydrogen-bond donors (Lipinski definition) is 1. The molecule has 0 aromatic carbocycles. The molecule has 2 aromatic heterocycles. The van der Waals surface area contributed by atoms with Gasteiger partial charge in [-0.1, -0.05) is 0 Å². The fourth-order valence-electron chi connectivity index (χ4n) is 2.39. The topological polar surface area (TPSA) is 62.5 Å². The standard InChI is InChI=1S/C12H12F3N5O/c1-7-5-19(6-10(21)17-7)11-8-4-9(12(13,14)15)18-20(8)3-2-16-11/h2-4,7H,5-6H2,1H3,(H,17,21). The van der Waals surface area contributed by atoms with Crippen molar-refractivity contribution in [2.24, 2.45) is 0 Å². The summed E-state index contributed by atoms with van der Waals surface area (Å²) in [5.41, 5.74) is -0.752. The Labute approximate surface area is 117 Å². The number of anilines is 1. The van der Waals surface area contributed by atoms with E-state index in [-0.39, 0.29) is 24.0 Å². The molecule has 0 saturated carbocycles. The van der Waals surface area contributed by atoms with Crippen LogP contribution < -0.4 is 10.2 Å². The molecule has 6 nitrogen and oxygen atoms in total. The maximum absolute atomic E-state index is 12.8. The molecule has 1 saturated heterocycles. The van der Waals surface area contributed by atoms with E-state index >= 15 is 0 Å². The number of hydrogen-bond acceptors (Lipinski definition) is 4. The van der Waals surface area contributed by atoms with Gasteiger partial charge in [0.1, 0.15) is 5.52 Å². The van der Waals surface area contributed by atoms with Crippen molar-refractivity contribution in [2.45, 2.75) is 19.1 Å². The van der Waals surface area contributed by atoms with Crippen molar-refractivity contribution in [3.63, 3.8) is 0 Å². The molecule has 0 bridgehead atoms. The second kappa shape index (κ2) is 4.61. The van der Waals surface area contributed by atoms with Gasteiger partial charge in [-0.2, -0.15) is 18.3 Å². The average Bonchev–Trinajstić information content (AvgIpc) is 2.80. The molecule has 2 aromatic rings. The van der Waals surface area contributed by atoms with Crippen molar-refractivity contribution in [3.05, 3.63) is 24.2 Å². The van der Waals surface area contributed by atoms with Crippen LogP contribution in [0.3, 0.4) is 0 Å². The molecule has 1 unspecified atom stereocenters. The Morgan fingerprint density at radius 3 is 2.86 bits per heavy atom. The number of halogens is 3. The zero-order chi connectivity index (χ0) is 15.2. The van der Waals surface area contributed by atoms with Crippen LogP contribution in [0.5, 0.6) is 0 Å². The van der Waals surface area contributed by atoms with E-state index in [1.54, 1.807) is 4.90 Å². The smallest absolute Gasteiger partial charge is 0.350 e. The Kier molecular flexibility index (Phi) is 2.99. The third-order valence-electron chi connectivity index (χ3n) is 3.20. The summed E-state index contributed by atoms with van der Waals surface area (Å²) in [4.78, 5) is 17.3. The summed E-state index contributed by atoms with van der Waals surface area (Å²) in [7, 11) is 0. The molecule has 112 valence electrons. The lowest BCUT2D eigenvalue weighted by molar-refractivity contribution is -0.141. The molecule has 1 atom stereocenters. The van der Waals surface area contributed by atoms with Crippen molar-refractivity contribution >= 4 is 17.2 Å². The van der Waals surface area contributed by atoms with Crippen LogP contribution in [0.15, 0.2) is 18.5 Å². The quantitative estimate of drug-likeness (QED) is 0.855. The average molecular weight is 299 g/mol. The van der Waals surface area contributed by atoms with Crippen molar-refractivity contribution in [2.75, 3.05) is 18.0 Å². The zero-order valence-electron chi connectivity index (χ0n) is 11.1. The molecule has 21 heavy (non-hydrogen) atoms. The summed E-state index contributed by atoms with van der Waals surface area (Å²) in [6.07, 6.45) is -1.80. The first-order valence-electron chi connectivity index (χ1n) is 6.30. The summed E-state index contributed by atoms with van der Waals surface area (Å²) in [5.74, 6) is 0.135. The Bertz CT molecular complexity index is 696. The number of carbonyl (C=O) groups excluding carboxylic acids is 1. The Hall–Kier alpha value is -2.32. The lowest BCUT2D eigenvalue weighted by Crippen LogP contribution is -2.53. The number of amides is 1. The van der Waals surface area contributed by atoms with Gasteiger partial charge in [0.05, 0.1) is 6.54 Å². The third kappa shape index (κ3) is 2.50. The van der Waals surface area contributed by atoms with Crippen LogP contribution in [-0.2, 0) is 11.0 Å². The first kappa shape index (κ1) is 13.7. The molecule has 1 aliphatic heterocycles. The number of piperazine rings is 1. The minimum atomic E-state index is -4.52. The van der Waals surface area contributed by atoms with Gasteiger partial charge in [-0.25, -0.2) is 9.50 Å². The predicted octanol–water partition coefficient (Wildman–Crippen LogP) is 1.07. The minimum absolute atomic E-state index is 0.0591. The van der Waals surface area contributed by atoms with Crippen molar-refractivity contribution in [1.82, 2.24) is 19.9 Å². The maximum atomic E-state index is 12.8. The third-order valence-corrected chi connectivity index (χ3v) is 3.20. The lowest BCUT2D eigenvalue weighted by Gasteiger charge is -2.32. The van der Waals surface area contributed by atoms with Gasteiger partial charge in [0.25, 0.3) is 0 Å². The molecule has 0 radical (unpaired) electrons. The molecule has 0 spiro atoms. The highest BCUT2D eigenvalue weighted by molar-refractivity contribution is 5.84. The Morgan fingerprint density at radius 2 is 2.19 bits per heavy atom. The summed E-state index contributed by atoms with van der Waals surface area (Å²) in [6.45, 7) is 2.36. The van der Waals surface area contributed by atoms with Crippen LogP contribution in [0, 0.1) is 0 Å². The van der Waals surface area contributed by atoms with Crippen LogP contribution in [0.25, 0.3) is 5.52 Å². The summed E-state index contributed by atoms with van der Waals surface area (Å²) in [6, 6.07) is 0.845. The van der Waals surface area contributed by atoms with E-state index < -0.39 is 11.9 Å². The normalized spacial score (nSPS) is 19.9. The highest BCUT2D eigenvalue weighted by atomic mass is 19.4. The molecular formula is C12H12F3N5O. The number of fused-ring (bicyclic) bond motifs is 1. The molecule has 9 heteroatoms. The molecule has 1 amide bonds. The Morgan fingerprint density at radius 1 is 1.43 bits per heavy atom. The molecule has 1 aliphatic rings. The van der Waals surface area contributed by atoms with Crippen molar-refractivity contribution < 1.29 is 18.0 Å². The van der Waals surface area contributed by atoms with Gasteiger partial charge >= 0.3 is 6.18 Å². The number of nitrogens with zero attached hydrogens (tertiary/aromatic N) is 4. The van der Waals surface area contributed by atoms with E-state index in [1.165, 1.54) is 12.4 Å². The van der Waals surface area contributed by atoms with E-state index in [0.717, 1.165) is 10.6 Å². The predicted molar refractivity (Wildman–Crippen MR) is 67.8 cm³/mol. The van der Waals surface area contributed by atoms with E-state index in [9.17, 15) is 18.0 Å². The largest absolute Gasteiger partial charge is 0.435 e. The monoisotopic (exact) mass is 299 g/mol. The second-order valence-electron chi connectivity index (χ2n) is 4.96. The fourth-order valence-corrected chi connectivity index (χ4v) is 2.39. The molecule has 0 aliphatic carbocycles. The van der Waals surface area contributed by atoms with Crippen LogP contribution in [-0.4, -0.2) is 39.6 Å². The first-order valence-corrected chi connectivity index (χ1v) is 6.30. The van der Waals surface area contributed by atoms with Gasteiger partial charge < -0.3 is 10.2 Å². The highest BCUT2D eigenvalue weighted by Crippen LogP contribution is 2.31. The lowest BCUT2D eigenvalue weighted by atomic mass is 10.2. The van der Waals surface area contributed by atoms with E-state index in [2.05, 4.69) is 15.4 Å². The summed E-state index contributed by atoms with van der Waals surface area (Å²) in [5, 5.41) is 6.25. The highest BCUT2D eigenvalue weighted by Gasteiger charge is 2.35. The summed E-state index contributed by atoms with van der Waals surface area (Å²) >= 11 is 0. The van der Waals surface area contributed by atoms with Crippen LogP contribution >= 0.6 is 0 Å². The molecule has 3 heterocycles. The Balaban J connectivity index is 2.06. The molecule has 3 rings (SSSR count). The summed E-state index contributed by atoms with van der Waals surface area (Å²) < 4.78 is 39.4. The number of carbonyl (C=O) groups is 1. The van der Waals surface area contributed by atoms with Crippen LogP contribution in [0.1, 0.15) is 12.6 Å². The number of nitrogens with one attached hydrogen (secondary N) is 1.